The van der Waals surface area contributed by atoms with Crippen molar-refractivity contribution in [3.05, 3.63) is 0 Å². The highest BCUT2D eigenvalue weighted by Gasteiger charge is 2.24. The zero-order valence-electron chi connectivity index (χ0n) is 7.69. The van der Waals surface area contributed by atoms with E-state index in [9.17, 15) is 8.78 Å². The summed E-state index contributed by atoms with van der Waals surface area (Å²) in [6.07, 6.45) is 2.23. The number of halogens is 3. The molecule has 0 aromatic carbocycles. The second kappa shape index (κ2) is 5.76. The Morgan fingerprint density at radius 3 is 2.38 bits per heavy atom. The molecule has 0 amide bonds. The summed E-state index contributed by atoms with van der Waals surface area (Å²) in [6.45, 7) is 0.480. The summed E-state index contributed by atoms with van der Waals surface area (Å²) >= 11 is 5.57. The SMILES string of the molecule is FC(F)CN(CCCl)C1CCCC1. The third kappa shape index (κ3) is 3.77. The third-order valence-electron chi connectivity index (χ3n) is 2.59. The standard InChI is InChI=1S/C9H16ClF2N/c10-5-6-13(7-9(11)12)8-3-1-2-4-8/h8-9H,1-7H2. The molecular weight excluding hydrogens is 196 g/mol. The van der Waals surface area contributed by atoms with Gasteiger partial charge in [-0.25, -0.2) is 8.78 Å². The molecule has 0 spiro atoms. The van der Waals surface area contributed by atoms with Gasteiger partial charge in [-0.05, 0) is 12.8 Å². The second-order valence-corrected chi connectivity index (χ2v) is 3.89. The van der Waals surface area contributed by atoms with Crippen molar-refractivity contribution in [2.45, 2.75) is 38.2 Å². The number of nitrogens with zero attached hydrogens (tertiary/aromatic N) is 1. The molecule has 0 aromatic heterocycles. The van der Waals surface area contributed by atoms with Gasteiger partial charge in [0.15, 0.2) is 0 Å². The van der Waals surface area contributed by atoms with Gasteiger partial charge in [-0.2, -0.15) is 0 Å². The van der Waals surface area contributed by atoms with Crippen molar-refractivity contribution >= 4 is 11.6 Å². The van der Waals surface area contributed by atoms with Crippen LogP contribution in [-0.2, 0) is 0 Å². The first kappa shape index (κ1) is 11.2. The van der Waals surface area contributed by atoms with Crippen molar-refractivity contribution in [3.63, 3.8) is 0 Å². The minimum Gasteiger partial charge on any atom is -0.294 e. The highest BCUT2D eigenvalue weighted by atomic mass is 35.5. The highest BCUT2D eigenvalue weighted by Crippen LogP contribution is 2.23. The van der Waals surface area contributed by atoms with Crippen molar-refractivity contribution in [2.75, 3.05) is 19.0 Å². The minimum atomic E-state index is -2.23. The Labute approximate surface area is 83.0 Å². The predicted octanol–water partition coefficient (Wildman–Crippen LogP) is 2.73. The normalized spacial score (nSPS) is 19.2. The average molecular weight is 212 g/mol. The summed E-state index contributed by atoms with van der Waals surface area (Å²) in [5, 5.41) is 0. The van der Waals surface area contributed by atoms with E-state index in [1.54, 1.807) is 0 Å². The zero-order valence-corrected chi connectivity index (χ0v) is 8.44. The molecule has 0 aliphatic heterocycles. The lowest BCUT2D eigenvalue weighted by molar-refractivity contribution is 0.0703. The molecule has 78 valence electrons. The van der Waals surface area contributed by atoms with E-state index in [0.717, 1.165) is 12.8 Å². The van der Waals surface area contributed by atoms with Gasteiger partial charge in [0, 0.05) is 18.5 Å². The van der Waals surface area contributed by atoms with Crippen LogP contribution in [0.2, 0.25) is 0 Å². The summed E-state index contributed by atoms with van der Waals surface area (Å²) < 4.78 is 24.4. The van der Waals surface area contributed by atoms with Crippen molar-refractivity contribution in [3.8, 4) is 0 Å². The zero-order chi connectivity index (χ0) is 9.68. The number of hydrogen-bond acceptors (Lipinski definition) is 1. The molecule has 0 saturated heterocycles. The highest BCUT2D eigenvalue weighted by molar-refractivity contribution is 6.18. The maximum atomic E-state index is 12.2. The molecule has 1 saturated carbocycles. The Balaban J connectivity index is 2.35. The summed E-state index contributed by atoms with van der Waals surface area (Å²) in [7, 11) is 0. The largest absolute Gasteiger partial charge is 0.294 e. The maximum absolute atomic E-state index is 12.2. The first-order valence-electron chi connectivity index (χ1n) is 4.82. The van der Waals surface area contributed by atoms with E-state index >= 15 is 0 Å². The number of alkyl halides is 3. The molecule has 0 atom stereocenters. The van der Waals surface area contributed by atoms with Crippen molar-refractivity contribution in [1.82, 2.24) is 4.90 Å². The molecule has 0 bridgehead atoms. The van der Waals surface area contributed by atoms with Gasteiger partial charge in [0.05, 0.1) is 6.54 Å². The third-order valence-corrected chi connectivity index (χ3v) is 2.75. The van der Waals surface area contributed by atoms with Crippen LogP contribution in [0.15, 0.2) is 0 Å². The molecule has 1 aliphatic carbocycles. The van der Waals surface area contributed by atoms with E-state index in [0.29, 0.717) is 18.5 Å². The van der Waals surface area contributed by atoms with Gasteiger partial charge < -0.3 is 0 Å². The van der Waals surface area contributed by atoms with E-state index in [2.05, 4.69) is 0 Å². The lowest BCUT2D eigenvalue weighted by Crippen LogP contribution is -2.38. The monoisotopic (exact) mass is 211 g/mol. The molecule has 0 N–H and O–H groups in total. The topological polar surface area (TPSA) is 3.24 Å². The average Bonchev–Trinajstić information content (AvgIpc) is 2.54. The summed E-state index contributed by atoms with van der Waals surface area (Å²) in [5.41, 5.74) is 0. The first-order valence-corrected chi connectivity index (χ1v) is 5.35. The van der Waals surface area contributed by atoms with Crippen LogP contribution in [0.25, 0.3) is 0 Å². The fourth-order valence-corrected chi connectivity index (χ4v) is 2.20. The lowest BCUT2D eigenvalue weighted by Gasteiger charge is -2.27. The molecule has 1 nitrogen and oxygen atoms in total. The number of hydrogen-bond donors (Lipinski definition) is 0. The van der Waals surface area contributed by atoms with Crippen LogP contribution in [0.3, 0.4) is 0 Å². The summed E-state index contributed by atoms with van der Waals surface area (Å²) in [5.74, 6) is 0.448. The Kier molecular flexibility index (Phi) is 4.96. The van der Waals surface area contributed by atoms with Crippen molar-refractivity contribution < 1.29 is 8.78 Å². The van der Waals surface area contributed by atoms with Crippen LogP contribution < -0.4 is 0 Å². The van der Waals surface area contributed by atoms with Gasteiger partial charge in [0.2, 0.25) is 0 Å². The molecule has 0 unspecified atom stereocenters. The number of rotatable bonds is 5. The Morgan fingerprint density at radius 2 is 1.92 bits per heavy atom. The molecule has 0 heterocycles. The summed E-state index contributed by atoms with van der Waals surface area (Å²) in [6, 6.07) is 0.354. The molecule has 0 radical (unpaired) electrons. The smallest absolute Gasteiger partial charge is 0.251 e. The maximum Gasteiger partial charge on any atom is 0.251 e. The van der Waals surface area contributed by atoms with Crippen LogP contribution in [0.5, 0.6) is 0 Å². The van der Waals surface area contributed by atoms with E-state index in [4.69, 9.17) is 11.6 Å². The van der Waals surface area contributed by atoms with Gasteiger partial charge in [0.25, 0.3) is 6.43 Å². The van der Waals surface area contributed by atoms with E-state index in [1.807, 2.05) is 4.90 Å². The Morgan fingerprint density at radius 1 is 1.31 bits per heavy atom. The van der Waals surface area contributed by atoms with Crippen molar-refractivity contribution in [2.24, 2.45) is 0 Å². The van der Waals surface area contributed by atoms with E-state index in [1.165, 1.54) is 12.8 Å². The van der Waals surface area contributed by atoms with Crippen LogP contribution in [0, 0.1) is 0 Å². The van der Waals surface area contributed by atoms with Crippen LogP contribution in [-0.4, -0.2) is 36.3 Å². The molecule has 0 aromatic rings. The minimum absolute atomic E-state index is 0.114. The molecule has 1 fully saturated rings. The van der Waals surface area contributed by atoms with Crippen LogP contribution in [0.4, 0.5) is 8.78 Å². The van der Waals surface area contributed by atoms with Gasteiger partial charge >= 0.3 is 0 Å². The molecular formula is C9H16ClF2N. The van der Waals surface area contributed by atoms with Crippen molar-refractivity contribution in [1.29, 1.82) is 0 Å². The predicted molar refractivity (Wildman–Crippen MR) is 50.6 cm³/mol. The fourth-order valence-electron chi connectivity index (χ4n) is 1.98. The van der Waals surface area contributed by atoms with E-state index in [-0.39, 0.29) is 6.54 Å². The first-order chi connectivity index (χ1) is 6.24. The van der Waals surface area contributed by atoms with Crippen LogP contribution >= 0.6 is 11.6 Å². The second-order valence-electron chi connectivity index (χ2n) is 3.51. The van der Waals surface area contributed by atoms with Gasteiger partial charge in [-0.15, -0.1) is 11.6 Å². The summed E-state index contributed by atoms with van der Waals surface area (Å²) in [4.78, 5) is 1.84. The molecule has 1 aliphatic rings. The Bertz CT molecular complexity index is 138. The van der Waals surface area contributed by atoms with E-state index < -0.39 is 6.43 Å². The van der Waals surface area contributed by atoms with Gasteiger partial charge in [0.1, 0.15) is 0 Å². The van der Waals surface area contributed by atoms with Gasteiger partial charge in [-0.3, -0.25) is 4.90 Å². The fraction of sp³-hybridized carbons (Fsp3) is 1.00. The van der Waals surface area contributed by atoms with Gasteiger partial charge in [-0.1, -0.05) is 12.8 Å². The lowest BCUT2D eigenvalue weighted by atomic mass is 10.2. The Hall–Kier alpha value is 0.110. The van der Waals surface area contributed by atoms with Crippen LogP contribution in [0.1, 0.15) is 25.7 Å². The molecule has 13 heavy (non-hydrogen) atoms. The quantitative estimate of drug-likeness (QED) is 0.632. The molecule has 4 heteroatoms. The molecule has 1 rings (SSSR count).